The fraction of sp³-hybridized carbons (Fsp3) is 0.727. The van der Waals surface area contributed by atoms with Crippen molar-refractivity contribution >= 4 is 0 Å². The number of hydrogen-bond acceptors (Lipinski definition) is 2. The molecule has 5 rings (SSSR count). The highest BCUT2D eigenvalue weighted by molar-refractivity contribution is 5.44. The van der Waals surface area contributed by atoms with Crippen LogP contribution in [0.25, 0.3) is 0 Å². The van der Waals surface area contributed by atoms with Crippen molar-refractivity contribution in [2.24, 2.45) is 23.5 Å². The summed E-state index contributed by atoms with van der Waals surface area (Å²) in [6.45, 7) is 6.38. The van der Waals surface area contributed by atoms with Crippen molar-refractivity contribution < 1.29 is 4.74 Å². The monoisotopic (exact) mass is 327 g/mol. The first-order valence-corrected chi connectivity index (χ1v) is 9.99. The standard InChI is InChI=1S/C22H33NO/c1-14(2)24-21-5-4-16(6-15(3)23)10-20(21)22-11-17-7-18(12-22)9-19(8-17)13-22/h4-5,10,14-15,17-19H,6-9,11-13,23H2,1-3H3. The Labute approximate surface area is 147 Å². The first-order valence-electron chi connectivity index (χ1n) is 9.99. The van der Waals surface area contributed by atoms with E-state index >= 15 is 0 Å². The van der Waals surface area contributed by atoms with Gasteiger partial charge in [0.1, 0.15) is 5.75 Å². The molecule has 1 unspecified atom stereocenters. The van der Waals surface area contributed by atoms with Crippen molar-refractivity contribution in [1.29, 1.82) is 0 Å². The van der Waals surface area contributed by atoms with E-state index in [-0.39, 0.29) is 12.1 Å². The molecule has 1 aromatic carbocycles. The number of nitrogens with two attached hydrogens (primary N) is 1. The summed E-state index contributed by atoms with van der Waals surface area (Å²) in [6.07, 6.45) is 9.80. The Morgan fingerprint density at radius 1 is 1.04 bits per heavy atom. The molecule has 0 amide bonds. The van der Waals surface area contributed by atoms with E-state index in [1.54, 1.807) is 0 Å². The van der Waals surface area contributed by atoms with E-state index in [9.17, 15) is 0 Å². The van der Waals surface area contributed by atoms with Crippen LogP contribution in [0, 0.1) is 17.8 Å². The molecule has 1 aromatic rings. The maximum absolute atomic E-state index is 6.26. The van der Waals surface area contributed by atoms with Crippen LogP contribution in [0.15, 0.2) is 18.2 Å². The molecule has 2 heteroatoms. The van der Waals surface area contributed by atoms with Gasteiger partial charge in [-0.25, -0.2) is 0 Å². The fourth-order valence-corrected chi connectivity index (χ4v) is 6.29. The predicted octanol–water partition coefficient (Wildman–Crippen LogP) is 4.83. The van der Waals surface area contributed by atoms with Crippen LogP contribution >= 0.6 is 0 Å². The Hall–Kier alpha value is -1.02. The van der Waals surface area contributed by atoms with Gasteiger partial charge in [0, 0.05) is 11.6 Å². The van der Waals surface area contributed by atoms with Gasteiger partial charge in [0.05, 0.1) is 6.10 Å². The van der Waals surface area contributed by atoms with E-state index in [1.165, 1.54) is 49.7 Å². The Bertz CT molecular complexity index is 569. The van der Waals surface area contributed by atoms with E-state index in [0.717, 1.165) is 29.9 Å². The summed E-state index contributed by atoms with van der Waals surface area (Å²) in [5.41, 5.74) is 9.34. The maximum Gasteiger partial charge on any atom is 0.123 e. The molecular formula is C22H33NO. The second-order valence-electron chi connectivity index (χ2n) is 9.38. The summed E-state index contributed by atoms with van der Waals surface area (Å²) in [6, 6.07) is 7.12. The smallest absolute Gasteiger partial charge is 0.123 e. The van der Waals surface area contributed by atoms with Gasteiger partial charge in [-0.3, -0.25) is 0 Å². The van der Waals surface area contributed by atoms with Crippen LogP contribution in [-0.2, 0) is 11.8 Å². The average molecular weight is 328 g/mol. The Morgan fingerprint density at radius 2 is 1.62 bits per heavy atom. The van der Waals surface area contributed by atoms with Gasteiger partial charge in [0.2, 0.25) is 0 Å². The molecule has 2 nitrogen and oxygen atoms in total. The van der Waals surface area contributed by atoms with Gasteiger partial charge in [-0.2, -0.15) is 0 Å². The van der Waals surface area contributed by atoms with E-state index in [4.69, 9.17) is 10.5 Å². The van der Waals surface area contributed by atoms with Crippen LogP contribution in [-0.4, -0.2) is 12.1 Å². The maximum atomic E-state index is 6.26. The van der Waals surface area contributed by atoms with Crippen molar-refractivity contribution in [3.05, 3.63) is 29.3 Å². The van der Waals surface area contributed by atoms with Crippen molar-refractivity contribution in [2.45, 2.75) is 83.3 Å². The van der Waals surface area contributed by atoms with Crippen LogP contribution in [0.4, 0.5) is 0 Å². The van der Waals surface area contributed by atoms with Crippen molar-refractivity contribution in [3.63, 3.8) is 0 Å². The minimum Gasteiger partial charge on any atom is -0.491 e. The molecule has 0 heterocycles. The molecule has 132 valence electrons. The number of rotatable bonds is 5. The third-order valence-corrected chi connectivity index (χ3v) is 6.57. The fourth-order valence-electron chi connectivity index (χ4n) is 6.29. The molecule has 4 bridgehead atoms. The van der Waals surface area contributed by atoms with Gasteiger partial charge >= 0.3 is 0 Å². The van der Waals surface area contributed by atoms with E-state index in [0.29, 0.717) is 5.41 Å². The van der Waals surface area contributed by atoms with Gasteiger partial charge in [-0.1, -0.05) is 12.1 Å². The molecule has 0 radical (unpaired) electrons. The molecule has 4 saturated carbocycles. The lowest BCUT2D eigenvalue weighted by molar-refractivity contribution is -0.00674. The Balaban J connectivity index is 1.74. The average Bonchev–Trinajstić information content (AvgIpc) is 2.46. The van der Waals surface area contributed by atoms with Crippen molar-refractivity contribution in [2.75, 3.05) is 0 Å². The van der Waals surface area contributed by atoms with Gasteiger partial charge in [0.15, 0.2) is 0 Å². The number of benzene rings is 1. The molecule has 0 spiro atoms. The molecule has 0 aromatic heterocycles. The number of hydrogen-bond donors (Lipinski definition) is 1. The van der Waals surface area contributed by atoms with E-state index in [1.807, 2.05) is 0 Å². The minimum atomic E-state index is 0.214. The molecular weight excluding hydrogens is 294 g/mol. The molecule has 4 aliphatic rings. The second kappa shape index (κ2) is 6.05. The highest BCUT2D eigenvalue weighted by atomic mass is 16.5. The highest BCUT2D eigenvalue weighted by Gasteiger charge is 2.52. The molecule has 2 N–H and O–H groups in total. The summed E-state index contributed by atoms with van der Waals surface area (Å²) in [5, 5.41) is 0. The summed E-state index contributed by atoms with van der Waals surface area (Å²) in [4.78, 5) is 0. The quantitative estimate of drug-likeness (QED) is 0.840. The third-order valence-electron chi connectivity index (χ3n) is 6.57. The van der Waals surface area contributed by atoms with E-state index < -0.39 is 0 Å². The normalized spacial score (nSPS) is 35.5. The van der Waals surface area contributed by atoms with Crippen LogP contribution in [0.3, 0.4) is 0 Å². The molecule has 24 heavy (non-hydrogen) atoms. The lowest BCUT2D eigenvalue weighted by Crippen LogP contribution is -2.48. The van der Waals surface area contributed by atoms with Gasteiger partial charge < -0.3 is 10.5 Å². The van der Waals surface area contributed by atoms with Crippen molar-refractivity contribution in [3.8, 4) is 5.75 Å². The molecule has 0 aliphatic heterocycles. The highest BCUT2D eigenvalue weighted by Crippen LogP contribution is 2.62. The SMILES string of the molecule is CC(N)Cc1ccc(OC(C)C)c(C23CC4CC(CC(C4)C2)C3)c1. The predicted molar refractivity (Wildman–Crippen MR) is 99.4 cm³/mol. The first kappa shape index (κ1) is 16.4. The summed E-state index contributed by atoms with van der Waals surface area (Å²) in [7, 11) is 0. The zero-order chi connectivity index (χ0) is 16.9. The topological polar surface area (TPSA) is 35.2 Å². The lowest BCUT2D eigenvalue weighted by atomic mass is 9.48. The van der Waals surface area contributed by atoms with Gasteiger partial charge in [-0.05, 0) is 101 Å². The van der Waals surface area contributed by atoms with Crippen molar-refractivity contribution in [1.82, 2.24) is 0 Å². The summed E-state index contributed by atoms with van der Waals surface area (Å²) in [5.74, 6) is 4.01. The molecule has 4 aliphatic carbocycles. The molecule has 4 fully saturated rings. The minimum absolute atomic E-state index is 0.214. The third kappa shape index (κ3) is 2.98. The number of ether oxygens (including phenoxy) is 1. The van der Waals surface area contributed by atoms with Crippen LogP contribution in [0.2, 0.25) is 0 Å². The molecule has 0 saturated heterocycles. The second-order valence-corrected chi connectivity index (χ2v) is 9.38. The zero-order valence-electron chi connectivity index (χ0n) is 15.6. The lowest BCUT2D eigenvalue weighted by Gasteiger charge is -2.57. The Kier molecular flexibility index (Phi) is 4.15. The van der Waals surface area contributed by atoms with Gasteiger partial charge in [-0.15, -0.1) is 0 Å². The van der Waals surface area contributed by atoms with Crippen LogP contribution in [0.5, 0.6) is 5.75 Å². The van der Waals surface area contributed by atoms with Crippen LogP contribution in [0.1, 0.15) is 70.4 Å². The molecule has 1 atom stereocenters. The Morgan fingerprint density at radius 3 is 2.12 bits per heavy atom. The van der Waals surface area contributed by atoms with E-state index in [2.05, 4.69) is 39.0 Å². The van der Waals surface area contributed by atoms with Gasteiger partial charge in [0.25, 0.3) is 0 Å². The van der Waals surface area contributed by atoms with Crippen LogP contribution < -0.4 is 10.5 Å². The summed E-state index contributed by atoms with van der Waals surface area (Å²) < 4.78 is 6.26. The first-order chi connectivity index (χ1) is 11.4. The zero-order valence-corrected chi connectivity index (χ0v) is 15.6. The summed E-state index contributed by atoms with van der Waals surface area (Å²) >= 11 is 0. The largest absolute Gasteiger partial charge is 0.491 e.